The molecule has 0 atom stereocenters. The Bertz CT molecular complexity index is 8110. The molecule has 576 valence electrons. The first-order valence-electron chi connectivity index (χ1n) is 41.3. The van der Waals surface area contributed by atoms with Crippen molar-refractivity contribution in [1.29, 1.82) is 0 Å². The number of aromatic nitrogens is 6. The zero-order valence-corrected chi connectivity index (χ0v) is 68.9. The third-order valence-corrected chi connectivity index (χ3v) is 26.4. The van der Waals surface area contributed by atoms with Gasteiger partial charge >= 0.3 is 0 Å². The molecule has 24 rings (SSSR count). The minimum absolute atomic E-state index is 0.736. The van der Waals surface area contributed by atoms with Crippen molar-refractivity contribution in [3.8, 4) is 135 Å². The van der Waals surface area contributed by atoms with Gasteiger partial charge in [0.05, 0.1) is 44.8 Å². The number of hydrogen-bond donors (Lipinski definition) is 0. The highest BCUT2D eigenvalue weighted by Gasteiger charge is 2.21. The molecule has 0 bridgehead atoms. The Hall–Kier alpha value is -15.4. The maximum atomic E-state index is 5.30. The SMILES string of the molecule is c1ccc(-c2nc(-c3ccccc3)c3cc(-c4cccc(-c5ccc6c(c5)sc5ccccc56)c4)ccc3n2)cc1.c1ccc(-c2nc(-c3ccccc3)c3ccc(-c4cccc(-c5ccc6c(c5)sc5ccccc56)c4)cc3n2)cc1.c1ccc(-c2nc3cccc(-c4cccc(-c5ccc6c(c5)sc5ccccc56)c4)c3nc2-c2ccccc2)cc1. The van der Waals surface area contributed by atoms with Crippen LogP contribution in [-0.4, -0.2) is 29.9 Å². The molecule has 0 aliphatic heterocycles. The monoisotopic (exact) mass is 1620 g/mol. The van der Waals surface area contributed by atoms with Crippen LogP contribution in [0.3, 0.4) is 0 Å². The summed E-state index contributed by atoms with van der Waals surface area (Å²) in [5.74, 6) is 1.47. The Balaban J connectivity index is 0.000000110. The van der Waals surface area contributed by atoms with Crippen molar-refractivity contribution in [2.24, 2.45) is 0 Å². The predicted octanol–water partition coefficient (Wildman–Crippen LogP) is 32.0. The van der Waals surface area contributed by atoms with Crippen LogP contribution in [0.2, 0.25) is 0 Å². The zero-order chi connectivity index (χ0) is 81.5. The molecule has 0 fully saturated rings. The van der Waals surface area contributed by atoms with Crippen LogP contribution < -0.4 is 0 Å². The van der Waals surface area contributed by atoms with E-state index in [2.05, 4.69) is 364 Å². The van der Waals surface area contributed by atoms with Crippen LogP contribution in [0.5, 0.6) is 0 Å². The Morgan fingerprint density at radius 1 is 0.138 bits per heavy atom. The van der Waals surface area contributed by atoms with Gasteiger partial charge in [0.1, 0.15) is 0 Å². The van der Waals surface area contributed by atoms with E-state index in [1.807, 2.05) is 107 Å². The summed E-state index contributed by atoms with van der Waals surface area (Å²) in [6, 6.07) is 154. The predicted molar refractivity (Wildman–Crippen MR) is 523 cm³/mol. The van der Waals surface area contributed by atoms with Gasteiger partial charge in [-0.15, -0.1) is 34.0 Å². The molecule has 6 aromatic heterocycles. The summed E-state index contributed by atoms with van der Waals surface area (Å²) in [6.07, 6.45) is 0. The standard InChI is InChI=1S/3C38H24N2S/c1-3-11-25(12-4-1)36-37(26-13-5-2-6-14-26)40-38-30(18-10-19-33(38)39-36)29-16-9-15-27(23-29)28-21-22-32-31-17-7-8-20-34(31)41-35(32)24-28;1-3-10-25(11-4-1)37-33-23-29(19-21-34(33)39-38(40-37)26-12-5-2-6-13-26)27-14-9-15-28(22-27)30-18-20-32-31-16-7-8-17-35(31)41-36(32)24-30;1-3-10-25(11-4-1)37-33-21-19-29(23-34(33)39-38(40-37)26-12-5-2-6-13-26)27-14-9-15-28(22-27)30-18-20-32-31-16-7-8-17-35(31)41-36(32)24-30/h3*1-24H. The lowest BCUT2D eigenvalue weighted by Crippen LogP contribution is -1.97. The van der Waals surface area contributed by atoms with Crippen molar-refractivity contribution in [1.82, 2.24) is 29.9 Å². The molecule has 0 amide bonds. The Kier molecular flexibility index (Phi) is 19.5. The average Bonchev–Trinajstić information content (AvgIpc) is 1.50. The molecule has 0 spiro atoms. The first kappa shape index (κ1) is 74.0. The fraction of sp³-hybridized carbons (Fsp3) is 0. The van der Waals surface area contributed by atoms with Crippen molar-refractivity contribution in [3.05, 3.63) is 437 Å². The van der Waals surface area contributed by atoms with E-state index in [1.54, 1.807) is 0 Å². The molecule has 0 unspecified atom stereocenters. The second-order valence-corrected chi connectivity index (χ2v) is 34.0. The van der Waals surface area contributed by atoms with Gasteiger partial charge in [0, 0.05) is 110 Å². The number of hydrogen-bond acceptors (Lipinski definition) is 9. The Morgan fingerprint density at radius 3 is 0.878 bits per heavy atom. The third kappa shape index (κ3) is 14.6. The molecule has 0 N–H and O–H groups in total. The number of nitrogens with zero attached hydrogens (tertiary/aromatic N) is 6. The molecule has 123 heavy (non-hydrogen) atoms. The maximum absolute atomic E-state index is 5.30. The minimum Gasteiger partial charge on any atom is -0.244 e. The van der Waals surface area contributed by atoms with Gasteiger partial charge < -0.3 is 0 Å². The normalized spacial score (nSPS) is 11.4. The molecule has 6 nitrogen and oxygen atoms in total. The van der Waals surface area contributed by atoms with Gasteiger partial charge in [-0.05, 0) is 146 Å². The van der Waals surface area contributed by atoms with Gasteiger partial charge in [-0.25, -0.2) is 29.9 Å². The van der Waals surface area contributed by atoms with Crippen LogP contribution in [0.15, 0.2) is 437 Å². The van der Waals surface area contributed by atoms with E-state index in [1.165, 1.54) is 105 Å². The van der Waals surface area contributed by atoms with Crippen molar-refractivity contribution in [3.63, 3.8) is 0 Å². The Labute approximate surface area is 723 Å². The smallest absolute Gasteiger partial charge is 0.160 e. The van der Waals surface area contributed by atoms with E-state index in [4.69, 9.17) is 29.9 Å². The first-order chi connectivity index (χ1) is 60.9. The summed E-state index contributed by atoms with van der Waals surface area (Å²) in [5, 5.41) is 10.0. The number of rotatable bonds is 12. The highest BCUT2D eigenvalue weighted by Crippen LogP contribution is 2.44. The first-order valence-corrected chi connectivity index (χ1v) is 43.7. The van der Waals surface area contributed by atoms with E-state index in [0.717, 1.165) is 123 Å². The minimum atomic E-state index is 0.736. The molecule has 0 saturated carbocycles. The summed E-state index contributed by atoms with van der Waals surface area (Å²) < 4.78 is 7.93. The lowest BCUT2D eigenvalue weighted by Gasteiger charge is -2.13. The van der Waals surface area contributed by atoms with E-state index in [0.29, 0.717) is 0 Å². The fourth-order valence-corrected chi connectivity index (χ4v) is 20.4. The van der Waals surface area contributed by atoms with E-state index >= 15 is 0 Å². The highest BCUT2D eigenvalue weighted by atomic mass is 32.1. The largest absolute Gasteiger partial charge is 0.244 e. The zero-order valence-electron chi connectivity index (χ0n) is 66.5. The molecule has 24 aromatic rings. The Morgan fingerprint density at radius 2 is 0.439 bits per heavy atom. The van der Waals surface area contributed by atoms with E-state index in [9.17, 15) is 0 Å². The van der Waals surface area contributed by atoms with Crippen molar-refractivity contribution in [2.45, 2.75) is 0 Å². The van der Waals surface area contributed by atoms with Crippen molar-refractivity contribution in [2.75, 3.05) is 0 Å². The summed E-state index contributed by atoms with van der Waals surface area (Å²) in [7, 11) is 0. The molecular formula is C114H72N6S3. The van der Waals surface area contributed by atoms with Crippen LogP contribution >= 0.6 is 34.0 Å². The van der Waals surface area contributed by atoms with Gasteiger partial charge in [-0.2, -0.15) is 0 Å². The number of benzene rings is 18. The molecule has 9 heteroatoms. The summed E-state index contributed by atoms with van der Waals surface area (Å²) in [4.78, 5) is 30.6. The number of thiophene rings is 3. The lowest BCUT2D eigenvalue weighted by molar-refractivity contribution is 1.23. The second kappa shape index (κ2) is 32.4. The molecular weight excluding hydrogens is 1550 g/mol. The van der Waals surface area contributed by atoms with Crippen LogP contribution in [0.1, 0.15) is 0 Å². The fourth-order valence-electron chi connectivity index (χ4n) is 16.9. The van der Waals surface area contributed by atoms with Gasteiger partial charge in [-0.3, -0.25) is 0 Å². The molecule has 18 aromatic carbocycles. The van der Waals surface area contributed by atoms with Crippen molar-refractivity contribution < 1.29 is 0 Å². The molecule has 6 heterocycles. The average molecular weight is 1620 g/mol. The maximum Gasteiger partial charge on any atom is 0.160 e. The molecule has 0 aliphatic carbocycles. The van der Waals surface area contributed by atoms with Crippen LogP contribution in [-0.2, 0) is 0 Å². The van der Waals surface area contributed by atoms with E-state index < -0.39 is 0 Å². The second-order valence-electron chi connectivity index (χ2n) is 30.7. The van der Waals surface area contributed by atoms with Gasteiger partial charge in [0.2, 0.25) is 0 Å². The third-order valence-electron chi connectivity index (χ3n) is 23.0. The molecule has 0 saturated heterocycles. The number of fused-ring (bicyclic) bond motifs is 12. The molecule has 0 aliphatic rings. The summed E-state index contributed by atoms with van der Waals surface area (Å²) >= 11 is 5.57. The topological polar surface area (TPSA) is 77.3 Å². The van der Waals surface area contributed by atoms with Crippen LogP contribution in [0.4, 0.5) is 0 Å². The van der Waals surface area contributed by atoms with Gasteiger partial charge in [0.15, 0.2) is 11.6 Å². The lowest BCUT2D eigenvalue weighted by atomic mass is 9.96. The molecule has 0 radical (unpaired) electrons. The van der Waals surface area contributed by atoms with Gasteiger partial charge in [0.25, 0.3) is 0 Å². The van der Waals surface area contributed by atoms with E-state index in [-0.39, 0.29) is 0 Å². The van der Waals surface area contributed by atoms with Crippen LogP contribution in [0, 0.1) is 0 Å². The van der Waals surface area contributed by atoms with Crippen molar-refractivity contribution >= 4 is 127 Å². The van der Waals surface area contributed by atoms with Crippen LogP contribution in [0.25, 0.3) is 228 Å². The quantitative estimate of drug-likeness (QED) is 0.121. The highest BCUT2D eigenvalue weighted by molar-refractivity contribution is 7.26. The number of para-hydroxylation sites is 1. The van der Waals surface area contributed by atoms with Gasteiger partial charge in [-0.1, -0.05) is 352 Å². The summed E-state index contributed by atoms with van der Waals surface area (Å²) in [5.41, 5.74) is 27.8. The summed E-state index contributed by atoms with van der Waals surface area (Å²) in [6.45, 7) is 0.